The molecule has 0 saturated carbocycles. The minimum absolute atomic E-state index is 0.386. The van der Waals surface area contributed by atoms with Crippen molar-refractivity contribution < 1.29 is 4.74 Å². The Kier molecular flexibility index (Phi) is 3.17. The molecule has 0 spiro atoms. The zero-order valence-electron chi connectivity index (χ0n) is 10.5. The van der Waals surface area contributed by atoms with Gasteiger partial charge in [-0.1, -0.05) is 43.7 Å². The van der Waals surface area contributed by atoms with E-state index in [-0.39, 0.29) is 0 Å². The number of hydrogen-bond donors (Lipinski definition) is 0. The molecule has 2 heterocycles. The van der Waals surface area contributed by atoms with Gasteiger partial charge >= 0.3 is 0 Å². The number of ether oxygens (including phenoxy) is 1. The first-order valence-electron chi connectivity index (χ1n) is 6.84. The van der Waals surface area contributed by atoms with Gasteiger partial charge in [-0.25, -0.2) is 0 Å². The number of rotatable bonds is 3. The molecule has 0 aromatic heterocycles. The Hall–Kier alpha value is -0.860. The van der Waals surface area contributed by atoms with E-state index in [9.17, 15) is 0 Å². The molecule has 17 heavy (non-hydrogen) atoms. The molecule has 1 aromatic rings. The van der Waals surface area contributed by atoms with E-state index in [0.29, 0.717) is 12.3 Å². The molecule has 2 aliphatic heterocycles. The average molecular weight is 231 g/mol. The Morgan fingerprint density at radius 2 is 2.06 bits per heavy atom. The van der Waals surface area contributed by atoms with Crippen molar-refractivity contribution in [3.8, 4) is 0 Å². The normalized spacial score (nSPS) is 32.9. The lowest BCUT2D eigenvalue weighted by Gasteiger charge is -2.28. The summed E-state index contributed by atoms with van der Waals surface area (Å²) >= 11 is 0. The third kappa shape index (κ3) is 2.00. The highest BCUT2D eigenvalue weighted by Gasteiger charge is 2.43. The smallest absolute Gasteiger partial charge is 0.111 e. The first-order chi connectivity index (χ1) is 8.40. The zero-order valence-corrected chi connectivity index (χ0v) is 10.5. The monoisotopic (exact) mass is 231 g/mol. The van der Waals surface area contributed by atoms with Crippen LogP contribution in [0.4, 0.5) is 0 Å². The predicted octanol–water partition coefficient (Wildman–Crippen LogP) is 3.35. The third-order valence-corrected chi connectivity index (χ3v) is 4.11. The van der Waals surface area contributed by atoms with Crippen molar-refractivity contribution in [1.82, 2.24) is 4.90 Å². The van der Waals surface area contributed by atoms with E-state index in [0.717, 1.165) is 12.6 Å². The fourth-order valence-corrected chi connectivity index (χ4v) is 3.35. The van der Waals surface area contributed by atoms with Crippen molar-refractivity contribution in [3.63, 3.8) is 0 Å². The maximum absolute atomic E-state index is 5.95. The molecule has 1 aromatic carbocycles. The van der Waals surface area contributed by atoms with Gasteiger partial charge in [-0.15, -0.1) is 0 Å². The minimum Gasteiger partial charge on any atom is -0.361 e. The molecule has 2 heteroatoms. The Morgan fingerprint density at radius 3 is 2.82 bits per heavy atom. The molecule has 2 nitrogen and oxygen atoms in total. The van der Waals surface area contributed by atoms with Crippen LogP contribution in [-0.2, 0) is 4.74 Å². The van der Waals surface area contributed by atoms with Crippen LogP contribution in [0, 0.1) is 0 Å². The van der Waals surface area contributed by atoms with Crippen LogP contribution in [0.15, 0.2) is 30.3 Å². The summed E-state index contributed by atoms with van der Waals surface area (Å²) in [6.07, 6.45) is 5.49. The van der Waals surface area contributed by atoms with Crippen molar-refractivity contribution in [2.24, 2.45) is 0 Å². The fraction of sp³-hybridized carbons (Fsp3) is 0.600. The van der Waals surface area contributed by atoms with E-state index < -0.39 is 0 Å². The first-order valence-corrected chi connectivity index (χ1v) is 6.84. The summed E-state index contributed by atoms with van der Waals surface area (Å²) < 4.78 is 5.95. The van der Waals surface area contributed by atoms with Gasteiger partial charge in [0, 0.05) is 6.04 Å². The molecule has 0 aliphatic carbocycles. The van der Waals surface area contributed by atoms with Gasteiger partial charge in [0.05, 0.1) is 12.6 Å². The molecule has 2 aliphatic rings. The van der Waals surface area contributed by atoms with Crippen molar-refractivity contribution in [2.45, 2.75) is 50.9 Å². The number of benzene rings is 1. The van der Waals surface area contributed by atoms with Gasteiger partial charge in [-0.2, -0.15) is 0 Å². The number of fused-ring (bicyclic) bond motifs is 1. The van der Waals surface area contributed by atoms with Gasteiger partial charge in [0.1, 0.15) is 6.23 Å². The van der Waals surface area contributed by atoms with Gasteiger partial charge in [-0.05, 0) is 24.8 Å². The van der Waals surface area contributed by atoms with Crippen molar-refractivity contribution >= 4 is 0 Å². The van der Waals surface area contributed by atoms with E-state index in [2.05, 4.69) is 42.2 Å². The Labute approximate surface area is 104 Å². The molecule has 0 amide bonds. The van der Waals surface area contributed by atoms with E-state index in [1.807, 2.05) is 0 Å². The maximum Gasteiger partial charge on any atom is 0.111 e. The summed E-state index contributed by atoms with van der Waals surface area (Å²) in [5, 5.41) is 0. The van der Waals surface area contributed by atoms with Crippen LogP contribution in [0.1, 0.15) is 44.2 Å². The molecule has 0 unspecified atom stereocenters. The van der Waals surface area contributed by atoms with Gasteiger partial charge in [0.15, 0.2) is 0 Å². The van der Waals surface area contributed by atoms with Gasteiger partial charge in [0.25, 0.3) is 0 Å². The molecule has 92 valence electrons. The molecule has 2 saturated heterocycles. The summed E-state index contributed by atoms with van der Waals surface area (Å²) in [5.41, 5.74) is 1.41. The largest absolute Gasteiger partial charge is 0.361 e. The highest BCUT2D eigenvalue weighted by Crippen LogP contribution is 2.41. The summed E-state index contributed by atoms with van der Waals surface area (Å²) in [4.78, 5) is 2.62. The lowest BCUT2D eigenvalue weighted by molar-refractivity contribution is 0.0447. The quantitative estimate of drug-likeness (QED) is 0.791. The summed E-state index contributed by atoms with van der Waals surface area (Å²) in [6.45, 7) is 3.15. The third-order valence-electron chi connectivity index (χ3n) is 4.11. The van der Waals surface area contributed by atoms with Gasteiger partial charge in [-0.3, -0.25) is 4.90 Å². The molecule has 0 bridgehead atoms. The topological polar surface area (TPSA) is 12.5 Å². The number of nitrogens with zero attached hydrogens (tertiary/aromatic N) is 1. The van der Waals surface area contributed by atoms with Crippen LogP contribution in [0.2, 0.25) is 0 Å². The molecule has 0 N–H and O–H groups in total. The standard InChI is InChI=1S/C15H21NO/c1-2-6-13-9-10-15-16(13)14(11-17-15)12-7-4-3-5-8-12/h3-5,7-8,13-15H,2,6,9-11H2,1H3/t13-,14-,15-/m1/s1. The van der Waals surface area contributed by atoms with Crippen LogP contribution in [0.3, 0.4) is 0 Å². The van der Waals surface area contributed by atoms with E-state index in [1.54, 1.807) is 0 Å². The second kappa shape index (κ2) is 4.79. The molecular weight excluding hydrogens is 210 g/mol. The highest BCUT2D eigenvalue weighted by molar-refractivity contribution is 5.21. The molecule has 2 fully saturated rings. The Morgan fingerprint density at radius 1 is 1.24 bits per heavy atom. The predicted molar refractivity (Wildman–Crippen MR) is 68.7 cm³/mol. The summed E-state index contributed by atoms with van der Waals surface area (Å²) in [7, 11) is 0. The average Bonchev–Trinajstić information content (AvgIpc) is 2.94. The number of hydrogen-bond acceptors (Lipinski definition) is 2. The first kappa shape index (κ1) is 11.2. The van der Waals surface area contributed by atoms with Crippen LogP contribution in [0.25, 0.3) is 0 Å². The van der Waals surface area contributed by atoms with Gasteiger partial charge in [0.2, 0.25) is 0 Å². The van der Waals surface area contributed by atoms with E-state index in [1.165, 1.54) is 31.2 Å². The molecule has 3 rings (SSSR count). The second-order valence-corrected chi connectivity index (χ2v) is 5.18. The summed E-state index contributed by atoms with van der Waals surface area (Å²) in [6, 6.07) is 12.0. The lowest BCUT2D eigenvalue weighted by Crippen LogP contribution is -2.34. The maximum atomic E-state index is 5.95. The fourth-order valence-electron chi connectivity index (χ4n) is 3.35. The second-order valence-electron chi connectivity index (χ2n) is 5.18. The van der Waals surface area contributed by atoms with Crippen molar-refractivity contribution in [2.75, 3.05) is 6.61 Å². The van der Waals surface area contributed by atoms with Crippen molar-refractivity contribution in [1.29, 1.82) is 0 Å². The summed E-state index contributed by atoms with van der Waals surface area (Å²) in [5.74, 6) is 0. The minimum atomic E-state index is 0.386. The van der Waals surface area contributed by atoms with Crippen molar-refractivity contribution in [3.05, 3.63) is 35.9 Å². The van der Waals surface area contributed by atoms with E-state index >= 15 is 0 Å². The molecule has 0 radical (unpaired) electrons. The molecular formula is C15H21NO. The molecule has 3 atom stereocenters. The Balaban J connectivity index is 1.82. The SMILES string of the molecule is CCC[C@@H]1CC[C@H]2OC[C@H](c3ccccc3)N12. The van der Waals surface area contributed by atoms with E-state index in [4.69, 9.17) is 4.74 Å². The van der Waals surface area contributed by atoms with Gasteiger partial charge < -0.3 is 4.74 Å². The van der Waals surface area contributed by atoms with Crippen LogP contribution in [0.5, 0.6) is 0 Å². The highest BCUT2D eigenvalue weighted by atomic mass is 16.5. The van der Waals surface area contributed by atoms with Crippen LogP contribution >= 0.6 is 0 Å². The zero-order chi connectivity index (χ0) is 11.7. The Bertz CT molecular complexity index is 362. The van der Waals surface area contributed by atoms with Crippen LogP contribution in [-0.4, -0.2) is 23.8 Å². The van der Waals surface area contributed by atoms with Crippen LogP contribution < -0.4 is 0 Å². The lowest BCUT2D eigenvalue weighted by atomic mass is 10.0.